The van der Waals surface area contributed by atoms with Crippen molar-refractivity contribution >= 4 is 27.5 Å². The molecule has 1 N–H and O–H groups in total. The van der Waals surface area contributed by atoms with Crippen LogP contribution in [0.3, 0.4) is 0 Å². The van der Waals surface area contributed by atoms with E-state index in [1.165, 1.54) is 44.1 Å². The predicted octanol–water partition coefficient (Wildman–Crippen LogP) is 6.36. The molecule has 118 valence electrons. The molecule has 2 rings (SSSR count). The van der Waals surface area contributed by atoms with Crippen molar-refractivity contribution in [2.24, 2.45) is 11.8 Å². The number of halogens is 2. The predicted molar refractivity (Wildman–Crippen MR) is 95.9 cm³/mol. The Bertz CT molecular complexity index is 429. The van der Waals surface area contributed by atoms with Crippen LogP contribution in [0.4, 0.5) is 0 Å². The van der Waals surface area contributed by atoms with E-state index >= 15 is 0 Å². The number of benzene rings is 1. The molecule has 0 saturated heterocycles. The Labute approximate surface area is 143 Å². The van der Waals surface area contributed by atoms with Crippen LogP contribution >= 0.6 is 27.5 Å². The van der Waals surface area contributed by atoms with Gasteiger partial charge in [0.05, 0.1) is 0 Å². The molecule has 1 aromatic rings. The zero-order valence-electron chi connectivity index (χ0n) is 13.2. The first kappa shape index (κ1) is 17.3. The van der Waals surface area contributed by atoms with E-state index in [-0.39, 0.29) is 0 Å². The van der Waals surface area contributed by atoms with Gasteiger partial charge in [0.2, 0.25) is 0 Å². The number of hydrogen-bond donors (Lipinski definition) is 1. The van der Waals surface area contributed by atoms with Gasteiger partial charge in [-0.05, 0) is 55.0 Å². The van der Waals surface area contributed by atoms with Gasteiger partial charge >= 0.3 is 0 Å². The number of rotatable bonds is 6. The Morgan fingerprint density at radius 2 is 2.00 bits per heavy atom. The van der Waals surface area contributed by atoms with Gasteiger partial charge in [-0.25, -0.2) is 0 Å². The van der Waals surface area contributed by atoms with Crippen LogP contribution < -0.4 is 5.32 Å². The number of nitrogens with one attached hydrogen (secondary N) is 1. The largest absolute Gasteiger partial charge is 0.310 e. The average molecular weight is 373 g/mol. The van der Waals surface area contributed by atoms with Crippen LogP contribution in [0.25, 0.3) is 0 Å². The van der Waals surface area contributed by atoms with Crippen LogP contribution in [0.15, 0.2) is 22.7 Å². The first-order chi connectivity index (χ1) is 10.2. The molecule has 0 bridgehead atoms. The van der Waals surface area contributed by atoms with Crippen LogP contribution in [0, 0.1) is 11.8 Å². The molecular formula is C18H27BrClN. The van der Waals surface area contributed by atoms with Crippen LogP contribution in [-0.4, -0.2) is 6.54 Å². The van der Waals surface area contributed by atoms with Gasteiger partial charge in [-0.15, -0.1) is 0 Å². The molecule has 21 heavy (non-hydrogen) atoms. The van der Waals surface area contributed by atoms with Crippen molar-refractivity contribution in [3.8, 4) is 0 Å². The normalized spacial score (nSPS) is 24.0. The minimum atomic E-state index is 0.435. The molecule has 3 unspecified atom stereocenters. The monoisotopic (exact) mass is 371 g/mol. The van der Waals surface area contributed by atoms with Gasteiger partial charge in [0.15, 0.2) is 0 Å². The van der Waals surface area contributed by atoms with Gasteiger partial charge < -0.3 is 5.32 Å². The summed E-state index contributed by atoms with van der Waals surface area (Å²) in [6.45, 7) is 5.64. The van der Waals surface area contributed by atoms with E-state index in [4.69, 9.17) is 11.6 Å². The molecule has 3 atom stereocenters. The zero-order valence-corrected chi connectivity index (χ0v) is 15.5. The van der Waals surface area contributed by atoms with Crippen LogP contribution in [0.5, 0.6) is 0 Å². The second kappa shape index (κ2) is 8.55. The minimum Gasteiger partial charge on any atom is -0.310 e. The third kappa shape index (κ3) is 4.71. The molecule has 0 aromatic heterocycles. The Balaban J connectivity index is 2.27. The summed E-state index contributed by atoms with van der Waals surface area (Å²) < 4.78 is 1.08. The van der Waals surface area contributed by atoms with Gasteiger partial charge in [0, 0.05) is 15.5 Å². The molecule has 3 heteroatoms. The first-order valence-corrected chi connectivity index (χ1v) is 9.52. The summed E-state index contributed by atoms with van der Waals surface area (Å²) in [4.78, 5) is 0. The maximum atomic E-state index is 6.28. The van der Waals surface area contributed by atoms with E-state index in [0.717, 1.165) is 27.9 Å². The first-order valence-electron chi connectivity index (χ1n) is 8.35. The van der Waals surface area contributed by atoms with Gasteiger partial charge in [0.1, 0.15) is 0 Å². The Hall–Kier alpha value is -0.0500. The van der Waals surface area contributed by atoms with Crippen molar-refractivity contribution in [1.29, 1.82) is 0 Å². The molecule has 1 fully saturated rings. The van der Waals surface area contributed by atoms with Gasteiger partial charge in [-0.3, -0.25) is 0 Å². The maximum Gasteiger partial charge on any atom is 0.0420 e. The number of hydrogen-bond acceptors (Lipinski definition) is 1. The van der Waals surface area contributed by atoms with Crippen molar-refractivity contribution in [1.82, 2.24) is 5.32 Å². The molecule has 0 amide bonds. The van der Waals surface area contributed by atoms with E-state index in [1.807, 2.05) is 6.07 Å². The van der Waals surface area contributed by atoms with E-state index in [9.17, 15) is 0 Å². The molecule has 1 saturated carbocycles. The SMILES string of the molecule is CCCNC(c1cc(Cl)cc(Br)c1)C1CCCCC1CC. The molecule has 1 nitrogen and oxygen atoms in total. The van der Waals surface area contributed by atoms with Crippen LogP contribution in [-0.2, 0) is 0 Å². The molecule has 0 aliphatic heterocycles. The molecular weight excluding hydrogens is 346 g/mol. The van der Waals surface area contributed by atoms with E-state index in [1.54, 1.807) is 0 Å². The lowest BCUT2D eigenvalue weighted by molar-refractivity contribution is 0.175. The quantitative estimate of drug-likeness (QED) is 0.612. The summed E-state index contributed by atoms with van der Waals surface area (Å²) >= 11 is 9.87. The lowest BCUT2D eigenvalue weighted by atomic mass is 9.72. The van der Waals surface area contributed by atoms with Gasteiger partial charge in [0.25, 0.3) is 0 Å². The van der Waals surface area contributed by atoms with E-state index < -0.39 is 0 Å². The highest BCUT2D eigenvalue weighted by Crippen LogP contribution is 2.41. The zero-order chi connectivity index (χ0) is 15.2. The molecule has 0 heterocycles. The van der Waals surface area contributed by atoms with Crippen LogP contribution in [0.2, 0.25) is 5.02 Å². The van der Waals surface area contributed by atoms with Crippen molar-refractivity contribution in [3.05, 3.63) is 33.3 Å². The summed E-state index contributed by atoms with van der Waals surface area (Å²) in [6, 6.07) is 6.78. The highest BCUT2D eigenvalue weighted by molar-refractivity contribution is 9.10. The van der Waals surface area contributed by atoms with E-state index in [2.05, 4.69) is 47.2 Å². The standard InChI is InChI=1S/C18H27BrClN/c1-3-9-21-18(14-10-15(19)12-16(20)11-14)17-8-6-5-7-13(17)4-2/h10-13,17-18,21H,3-9H2,1-2H3. The molecule has 1 aliphatic rings. The summed E-state index contributed by atoms with van der Waals surface area (Å²) in [5.41, 5.74) is 1.34. The van der Waals surface area contributed by atoms with Crippen molar-refractivity contribution in [2.75, 3.05) is 6.54 Å². The summed E-state index contributed by atoms with van der Waals surface area (Å²) in [5, 5.41) is 4.62. The molecule has 0 radical (unpaired) electrons. The lowest BCUT2D eigenvalue weighted by Gasteiger charge is -2.38. The van der Waals surface area contributed by atoms with Gasteiger partial charge in [-0.2, -0.15) is 0 Å². The Morgan fingerprint density at radius 1 is 1.24 bits per heavy atom. The van der Waals surface area contributed by atoms with Crippen molar-refractivity contribution in [2.45, 2.75) is 58.4 Å². The fourth-order valence-corrected chi connectivity index (χ4v) is 4.64. The maximum absolute atomic E-state index is 6.28. The lowest BCUT2D eigenvalue weighted by Crippen LogP contribution is -2.35. The molecule has 1 aromatic carbocycles. The minimum absolute atomic E-state index is 0.435. The Morgan fingerprint density at radius 3 is 2.67 bits per heavy atom. The molecule has 1 aliphatic carbocycles. The Kier molecular flexibility index (Phi) is 7.04. The summed E-state index contributed by atoms with van der Waals surface area (Å²) in [6.07, 6.45) is 7.94. The van der Waals surface area contributed by atoms with Gasteiger partial charge in [-0.1, -0.05) is 67.1 Å². The second-order valence-electron chi connectivity index (χ2n) is 6.25. The van der Waals surface area contributed by atoms with Crippen LogP contribution in [0.1, 0.15) is 64.0 Å². The third-order valence-corrected chi connectivity index (χ3v) is 5.45. The average Bonchev–Trinajstić information content (AvgIpc) is 2.47. The second-order valence-corrected chi connectivity index (χ2v) is 7.60. The molecule has 0 spiro atoms. The van der Waals surface area contributed by atoms with E-state index in [0.29, 0.717) is 6.04 Å². The summed E-state index contributed by atoms with van der Waals surface area (Å²) in [5.74, 6) is 1.58. The fourth-order valence-electron chi connectivity index (χ4n) is 3.75. The highest BCUT2D eigenvalue weighted by atomic mass is 79.9. The van der Waals surface area contributed by atoms with Crippen molar-refractivity contribution < 1.29 is 0 Å². The smallest absolute Gasteiger partial charge is 0.0420 e. The topological polar surface area (TPSA) is 12.0 Å². The third-order valence-electron chi connectivity index (χ3n) is 4.78. The highest BCUT2D eigenvalue weighted by Gasteiger charge is 2.31. The van der Waals surface area contributed by atoms with Crippen molar-refractivity contribution in [3.63, 3.8) is 0 Å². The fraction of sp³-hybridized carbons (Fsp3) is 0.667. The summed E-state index contributed by atoms with van der Waals surface area (Å²) in [7, 11) is 0.